The summed E-state index contributed by atoms with van der Waals surface area (Å²) >= 11 is 7.56. The molecule has 0 saturated carbocycles. The maximum absolute atomic E-state index is 5.96. The molecule has 0 aliphatic carbocycles. The van der Waals surface area contributed by atoms with Gasteiger partial charge in [0, 0.05) is 0 Å². The van der Waals surface area contributed by atoms with E-state index in [1.54, 1.807) is 11.3 Å². The van der Waals surface area contributed by atoms with Crippen molar-refractivity contribution in [3.8, 4) is 0 Å². The molecule has 0 amide bonds. The highest BCUT2D eigenvalue weighted by Crippen LogP contribution is 2.29. The lowest BCUT2D eigenvalue weighted by Gasteiger charge is -1.95. The molecule has 0 bridgehead atoms. The number of aromatic nitrogens is 3. The van der Waals surface area contributed by atoms with Crippen LogP contribution in [-0.2, 0) is 0 Å². The third-order valence-corrected chi connectivity index (χ3v) is 3.46. The van der Waals surface area contributed by atoms with Crippen molar-refractivity contribution in [3.63, 3.8) is 0 Å². The highest BCUT2D eigenvalue weighted by molar-refractivity contribution is 7.23. The van der Waals surface area contributed by atoms with Crippen LogP contribution in [0.15, 0.2) is 18.2 Å². The molecule has 0 aliphatic rings. The molecule has 0 radical (unpaired) electrons. The fourth-order valence-corrected chi connectivity index (χ4v) is 2.90. The van der Waals surface area contributed by atoms with E-state index in [0.29, 0.717) is 5.28 Å². The summed E-state index contributed by atoms with van der Waals surface area (Å²) < 4.78 is 3.08. The van der Waals surface area contributed by atoms with Gasteiger partial charge in [0.15, 0.2) is 0 Å². The first kappa shape index (κ1) is 8.20. The Bertz CT molecular complexity index is 625. The SMILES string of the molecule is Cc1cccc2sc3nnc(Cl)n3c12. The Morgan fingerprint density at radius 1 is 1.36 bits per heavy atom. The molecule has 0 saturated heterocycles. The lowest BCUT2D eigenvalue weighted by atomic mass is 10.2. The van der Waals surface area contributed by atoms with Crippen LogP contribution in [0.25, 0.3) is 15.2 Å². The maximum atomic E-state index is 5.96. The van der Waals surface area contributed by atoms with Crippen LogP contribution in [0, 0.1) is 6.92 Å². The van der Waals surface area contributed by atoms with Crippen LogP contribution in [0.4, 0.5) is 0 Å². The lowest BCUT2D eigenvalue weighted by molar-refractivity contribution is 1.11. The van der Waals surface area contributed by atoms with Gasteiger partial charge in [-0.05, 0) is 30.2 Å². The summed E-state index contributed by atoms with van der Waals surface area (Å²) in [6.07, 6.45) is 0. The number of aryl methyl sites for hydroxylation is 1. The van der Waals surface area contributed by atoms with Gasteiger partial charge in [-0.25, -0.2) is 0 Å². The van der Waals surface area contributed by atoms with E-state index in [2.05, 4.69) is 29.3 Å². The number of halogens is 1. The van der Waals surface area contributed by atoms with Crippen LogP contribution < -0.4 is 0 Å². The predicted molar refractivity (Wildman–Crippen MR) is 58.1 cm³/mol. The molecular weight excluding hydrogens is 218 g/mol. The first-order valence-corrected chi connectivity index (χ1v) is 5.35. The maximum Gasteiger partial charge on any atom is 0.230 e. The molecule has 1 aromatic carbocycles. The van der Waals surface area contributed by atoms with Gasteiger partial charge >= 0.3 is 0 Å². The predicted octanol–water partition coefficient (Wildman–Crippen LogP) is 2.91. The molecule has 3 aromatic rings. The van der Waals surface area contributed by atoms with Crippen molar-refractivity contribution in [2.24, 2.45) is 0 Å². The van der Waals surface area contributed by atoms with Crippen molar-refractivity contribution in [2.75, 3.05) is 0 Å². The number of thiazole rings is 1. The van der Waals surface area contributed by atoms with Gasteiger partial charge in [-0.2, -0.15) is 0 Å². The second-order valence-electron chi connectivity index (χ2n) is 3.11. The minimum Gasteiger partial charge on any atom is -0.256 e. The lowest BCUT2D eigenvalue weighted by Crippen LogP contribution is -1.83. The zero-order valence-corrected chi connectivity index (χ0v) is 8.93. The largest absolute Gasteiger partial charge is 0.256 e. The number of hydrogen-bond acceptors (Lipinski definition) is 3. The van der Waals surface area contributed by atoms with E-state index < -0.39 is 0 Å². The summed E-state index contributed by atoms with van der Waals surface area (Å²) in [4.78, 5) is 0.847. The molecule has 0 fully saturated rings. The van der Waals surface area contributed by atoms with E-state index in [0.717, 1.165) is 10.5 Å². The molecule has 5 heteroatoms. The Labute approximate surface area is 88.9 Å². The number of hydrogen-bond donors (Lipinski definition) is 0. The molecule has 0 N–H and O–H groups in total. The molecule has 3 rings (SSSR count). The van der Waals surface area contributed by atoms with Crippen molar-refractivity contribution >= 4 is 38.1 Å². The van der Waals surface area contributed by atoms with Crippen molar-refractivity contribution in [1.82, 2.24) is 14.6 Å². The van der Waals surface area contributed by atoms with E-state index in [-0.39, 0.29) is 0 Å². The summed E-state index contributed by atoms with van der Waals surface area (Å²) in [7, 11) is 0. The van der Waals surface area contributed by atoms with E-state index in [1.165, 1.54) is 10.3 Å². The van der Waals surface area contributed by atoms with Crippen molar-refractivity contribution in [2.45, 2.75) is 6.92 Å². The van der Waals surface area contributed by atoms with E-state index in [9.17, 15) is 0 Å². The Morgan fingerprint density at radius 3 is 3.07 bits per heavy atom. The first-order valence-electron chi connectivity index (χ1n) is 4.16. The number of rotatable bonds is 0. The molecule has 0 spiro atoms. The average Bonchev–Trinajstić information content (AvgIpc) is 2.67. The molecule has 3 nitrogen and oxygen atoms in total. The van der Waals surface area contributed by atoms with Gasteiger partial charge in [-0.3, -0.25) is 4.40 Å². The van der Waals surface area contributed by atoms with Crippen LogP contribution in [0.1, 0.15) is 5.56 Å². The van der Waals surface area contributed by atoms with Gasteiger partial charge in [-0.15, -0.1) is 10.2 Å². The van der Waals surface area contributed by atoms with Gasteiger partial charge in [0.25, 0.3) is 0 Å². The number of nitrogens with zero attached hydrogens (tertiary/aromatic N) is 3. The topological polar surface area (TPSA) is 30.2 Å². The highest BCUT2D eigenvalue weighted by Gasteiger charge is 2.11. The number of benzene rings is 1. The quantitative estimate of drug-likeness (QED) is 0.587. The molecule has 0 atom stereocenters. The standard InChI is InChI=1S/C9H6ClN3S/c1-5-3-2-4-6-7(5)13-8(10)11-12-9(13)14-6/h2-4H,1H3. The Hall–Kier alpha value is -1.13. The van der Waals surface area contributed by atoms with Crippen LogP contribution in [-0.4, -0.2) is 14.6 Å². The zero-order valence-electron chi connectivity index (χ0n) is 7.36. The molecule has 14 heavy (non-hydrogen) atoms. The van der Waals surface area contributed by atoms with Gasteiger partial charge in [0.1, 0.15) is 0 Å². The third kappa shape index (κ3) is 0.923. The third-order valence-electron chi connectivity index (χ3n) is 2.22. The summed E-state index contributed by atoms with van der Waals surface area (Å²) in [6, 6.07) is 6.16. The minimum atomic E-state index is 0.431. The minimum absolute atomic E-state index is 0.431. The van der Waals surface area contributed by atoms with E-state index in [1.807, 2.05) is 10.5 Å². The Morgan fingerprint density at radius 2 is 2.21 bits per heavy atom. The van der Waals surface area contributed by atoms with E-state index in [4.69, 9.17) is 11.6 Å². The van der Waals surface area contributed by atoms with Crippen LogP contribution in [0.5, 0.6) is 0 Å². The van der Waals surface area contributed by atoms with Gasteiger partial charge in [0.05, 0.1) is 10.2 Å². The average molecular weight is 224 g/mol. The second kappa shape index (κ2) is 2.68. The van der Waals surface area contributed by atoms with Gasteiger partial charge < -0.3 is 0 Å². The molecule has 0 unspecified atom stereocenters. The molecule has 2 aromatic heterocycles. The van der Waals surface area contributed by atoms with Crippen LogP contribution >= 0.6 is 22.9 Å². The summed E-state index contributed by atoms with van der Waals surface area (Å²) in [5.41, 5.74) is 2.30. The normalized spacial score (nSPS) is 11.6. The first-order chi connectivity index (χ1) is 6.77. The second-order valence-corrected chi connectivity index (χ2v) is 4.46. The van der Waals surface area contributed by atoms with Crippen LogP contribution in [0.3, 0.4) is 0 Å². The molecule has 0 aliphatic heterocycles. The summed E-state index contributed by atoms with van der Waals surface area (Å²) in [5.74, 6) is 0. The number of fused-ring (bicyclic) bond motifs is 3. The molecular formula is C9H6ClN3S. The Balaban J connectivity index is 2.68. The summed E-state index contributed by atoms with van der Waals surface area (Å²) in [5, 5.41) is 8.26. The van der Waals surface area contributed by atoms with Gasteiger partial charge in [0.2, 0.25) is 10.2 Å². The molecule has 2 heterocycles. The highest BCUT2D eigenvalue weighted by atomic mass is 35.5. The molecule has 70 valence electrons. The van der Waals surface area contributed by atoms with Crippen molar-refractivity contribution in [3.05, 3.63) is 29.0 Å². The van der Waals surface area contributed by atoms with Crippen molar-refractivity contribution in [1.29, 1.82) is 0 Å². The zero-order chi connectivity index (χ0) is 9.71. The monoisotopic (exact) mass is 223 g/mol. The van der Waals surface area contributed by atoms with Crippen LogP contribution in [0.2, 0.25) is 5.28 Å². The number of para-hydroxylation sites is 1. The fourth-order valence-electron chi connectivity index (χ4n) is 1.61. The van der Waals surface area contributed by atoms with Crippen molar-refractivity contribution < 1.29 is 0 Å². The summed E-state index contributed by atoms with van der Waals surface area (Å²) in [6.45, 7) is 2.06. The van der Waals surface area contributed by atoms with E-state index >= 15 is 0 Å². The fraction of sp³-hybridized carbons (Fsp3) is 0.111. The Kier molecular flexibility index (Phi) is 1.57. The smallest absolute Gasteiger partial charge is 0.230 e. The van der Waals surface area contributed by atoms with Gasteiger partial charge in [-0.1, -0.05) is 23.5 Å².